The molecule has 4 rings (SSSR count). The van der Waals surface area contributed by atoms with Gasteiger partial charge in [0.2, 0.25) is 5.91 Å². The molecule has 2 aliphatic rings. The van der Waals surface area contributed by atoms with E-state index in [2.05, 4.69) is 15.6 Å². The molecule has 164 valence electrons. The first kappa shape index (κ1) is 20.8. The predicted molar refractivity (Wildman–Crippen MR) is 110 cm³/mol. The third-order valence-corrected chi connectivity index (χ3v) is 5.31. The van der Waals surface area contributed by atoms with Crippen molar-refractivity contribution in [2.45, 2.75) is 32.0 Å². The molecule has 0 spiro atoms. The number of nitrogens with one attached hydrogen (secondary N) is 2. The van der Waals surface area contributed by atoms with E-state index in [0.717, 1.165) is 0 Å². The van der Waals surface area contributed by atoms with Crippen LogP contribution in [0.4, 0.5) is 20.3 Å². The SMILES string of the molecule is C[C@H](Nc1ccc2c(c1)OCCn1cc(N3C(=C=O)CNC[C@H]3C(F)F)nc1-2)C(N)=O. The van der Waals surface area contributed by atoms with Gasteiger partial charge in [0, 0.05) is 31.0 Å². The summed E-state index contributed by atoms with van der Waals surface area (Å²) in [5.41, 5.74) is 6.70. The lowest BCUT2D eigenvalue weighted by Gasteiger charge is -2.35. The molecular weight excluding hydrogens is 410 g/mol. The Bertz CT molecular complexity index is 1050. The van der Waals surface area contributed by atoms with Crippen molar-refractivity contribution >= 4 is 23.4 Å². The second-order valence-electron chi connectivity index (χ2n) is 7.40. The molecule has 1 aromatic heterocycles. The number of hydrogen-bond donors (Lipinski definition) is 3. The van der Waals surface area contributed by atoms with Gasteiger partial charge in [0.15, 0.2) is 5.82 Å². The fraction of sp³-hybridized carbons (Fsp3) is 0.400. The molecule has 1 fully saturated rings. The Morgan fingerprint density at radius 2 is 2.26 bits per heavy atom. The molecule has 1 aromatic carbocycles. The van der Waals surface area contributed by atoms with Crippen LogP contribution in [0.2, 0.25) is 0 Å². The fourth-order valence-electron chi connectivity index (χ4n) is 3.71. The number of alkyl halides is 2. The van der Waals surface area contributed by atoms with Crippen LogP contribution in [0.15, 0.2) is 30.1 Å². The van der Waals surface area contributed by atoms with Crippen LogP contribution in [0, 0.1) is 0 Å². The van der Waals surface area contributed by atoms with Crippen LogP contribution in [0.1, 0.15) is 6.92 Å². The Balaban J connectivity index is 1.72. The highest BCUT2D eigenvalue weighted by Gasteiger charge is 2.36. The number of primary amides is 1. The molecule has 0 radical (unpaired) electrons. The number of fused-ring (bicyclic) bond motifs is 3. The molecule has 0 aliphatic carbocycles. The lowest BCUT2D eigenvalue weighted by molar-refractivity contribution is -0.118. The van der Waals surface area contributed by atoms with Crippen molar-refractivity contribution in [3.8, 4) is 17.1 Å². The first-order valence-corrected chi connectivity index (χ1v) is 9.81. The molecule has 2 atom stereocenters. The van der Waals surface area contributed by atoms with E-state index in [1.54, 1.807) is 37.3 Å². The summed E-state index contributed by atoms with van der Waals surface area (Å²) in [7, 11) is 0. The van der Waals surface area contributed by atoms with Gasteiger partial charge in [0.05, 0.1) is 12.1 Å². The summed E-state index contributed by atoms with van der Waals surface area (Å²) >= 11 is 0. The largest absolute Gasteiger partial charge is 0.491 e. The number of hydrogen-bond acceptors (Lipinski definition) is 7. The zero-order valence-electron chi connectivity index (χ0n) is 16.8. The van der Waals surface area contributed by atoms with Crippen molar-refractivity contribution in [1.29, 1.82) is 0 Å². The highest BCUT2D eigenvalue weighted by Crippen LogP contribution is 2.37. The standard InChI is InChI=1S/C20H22F2N6O3/c1-11(19(23)30)25-12-2-3-14-16(6-12)31-5-4-27-9-17(26-20(14)27)28-13(10-29)7-24-8-15(28)18(21)22/h2-3,6,9,11,15,18,24-25H,4-5,7-8H2,1H3,(H2,23,30)/t11-,15-/m0/s1. The van der Waals surface area contributed by atoms with E-state index in [0.29, 0.717) is 36.0 Å². The quantitative estimate of drug-likeness (QED) is 0.604. The van der Waals surface area contributed by atoms with Gasteiger partial charge in [0.25, 0.3) is 6.43 Å². The number of carbonyl (C=O) groups excluding carboxylic acids is 2. The number of halogens is 2. The predicted octanol–water partition coefficient (Wildman–Crippen LogP) is 0.987. The van der Waals surface area contributed by atoms with E-state index < -0.39 is 24.4 Å². The number of piperazine rings is 1. The maximum atomic E-state index is 13.6. The minimum Gasteiger partial charge on any atom is -0.491 e. The van der Waals surface area contributed by atoms with Crippen LogP contribution in [0.3, 0.4) is 0 Å². The molecule has 0 bridgehead atoms. The average molecular weight is 432 g/mol. The zero-order valence-corrected chi connectivity index (χ0v) is 16.8. The van der Waals surface area contributed by atoms with Gasteiger partial charge < -0.3 is 30.6 Å². The number of amides is 1. The van der Waals surface area contributed by atoms with Crippen LogP contribution < -0.4 is 26.0 Å². The van der Waals surface area contributed by atoms with Gasteiger partial charge in [-0.1, -0.05) is 0 Å². The third-order valence-electron chi connectivity index (χ3n) is 5.31. The third kappa shape index (κ3) is 3.97. The van der Waals surface area contributed by atoms with Crippen LogP contribution in [-0.4, -0.2) is 59.6 Å². The lowest BCUT2D eigenvalue weighted by atomic mass is 10.1. The highest BCUT2D eigenvalue weighted by molar-refractivity contribution is 5.83. The summed E-state index contributed by atoms with van der Waals surface area (Å²) in [4.78, 5) is 28.6. The zero-order chi connectivity index (χ0) is 22.1. The topological polar surface area (TPSA) is 115 Å². The first-order valence-electron chi connectivity index (χ1n) is 9.81. The fourth-order valence-corrected chi connectivity index (χ4v) is 3.71. The van der Waals surface area contributed by atoms with Gasteiger partial charge in [-0.15, -0.1) is 0 Å². The maximum absolute atomic E-state index is 13.6. The highest BCUT2D eigenvalue weighted by atomic mass is 19.3. The Morgan fingerprint density at radius 1 is 1.45 bits per heavy atom. The molecule has 0 saturated carbocycles. The molecule has 0 unspecified atom stereocenters. The van der Waals surface area contributed by atoms with Crippen LogP contribution >= 0.6 is 0 Å². The van der Waals surface area contributed by atoms with E-state index in [9.17, 15) is 18.4 Å². The molecule has 3 heterocycles. The van der Waals surface area contributed by atoms with E-state index in [1.165, 1.54) is 4.90 Å². The molecule has 2 aromatic rings. The number of imidazole rings is 1. The van der Waals surface area contributed by atoms with Gasteiger partial charge in [-0.25, -0.2) is 18.6 Å². The lowest BCUT2D eigenvalue weighted by Crippen LogP contribution is -2.53. The number of nitrogens with zero attached hydrogens (tertiary/aromatic N) is 3. The average Bonchev–Trinajstić information content (AvgIpc) is 3.09. The smallest absolute Gasteiger partial charge is 0.260 e. The molecule has 1 saturated heterocycles. The number of carbonyl (C=O) groups is 1. The van der Waals surface area contributed by atoms with Crippen molar-refractivity contribution in [3.63, 3.8) is 0 Å². The molecular formula is C20H22F2N6O3. The second-order valence-corrected chi connectivity index (χ2v) is 7.40. The van der Waals surface area contributed by atoms with Gasteiger partial charge in [0.1, 0.15) is 41.9 Å². The van der Waals surface area contributed by atoms with E-state index in [-0.39, 0.29) is 24.6 Å². The number of aromatic nitrogens is 2. The van der Waals surface area contributed by atoms with Crippen LogP contribution in [-0.2, 0) is 16.1 Å². The molecule has 11 heteroatoms. The molecule has 2 aliphatic heterocycles. The summed E-state index contributed by atoms with van der Waals surface area (Å²) < 4.78 is 34.9. The Labute approximate surface area is 176 Å². The number of rotatable bonds is 5. The van der Waals surface area contributed by atoms with Crippen molar-refractivity contribution in [1.82, 2.24) is 14.9 Å². The van der Waals surface area contributed by atoms with E-state index in [4.69, 9.17) is 10.5 Å². The Kier molecular flexibility index (Phi) is 5.62. The summed E-state index contributed by atoms with van der Waals surface area (Å²) in [6.07, 6.45) is -1.03. The van der Waals surface area contributed by atoms with Gasteiger partial charge in [-0.2, -0.15) is 0 Å². The first-order chi connectivity index (χ1) is 14.9. The van der Waals surface area contributed by atoms with Crippen molar-refractivity contribution < 1.29 is 23.1 Å². The summed E-state index contributed by atoms with van der Waals surface area (Å²) in [6, 6.07) is 3.49. The Morgan fingerprint density at radius 3 is 2.97 bits per heavy atom. The second kappa shape index (κ2) is 8.37. The van der Waals surface area contributed by atoms with Gasteiger partial charge >= 0.3 is 0 Å². The molecule has 1 amide bonds. The number of benzene rings is 1. The van der Waals surface area contributed by atoms with Gasteiger partial charge in [-0.05, 0) is 19.1 Å². The number of anilines is 2. The van der Waals surface area contributed by atoms with Crippen LogP contribution in [0.25, 0.3) is 11.4 Å². The van der Waals surface area contributed by atoms with Gasteiger partial charge in [-0.3, -0.25) is 4.79 Å². The Hall–Kier alpha value is -3.43. The molecule has 4 N–H and O–H groups in total. The van der Waals surface area contributed by atoms with Crippen molar-refractivity contribution in [3.05, 3.63) is 30.1 Å². The minimum absolute atomic E-state index is 0.0256. The number of nitrogens with two attached hydrogens (primary N) is 1. The monoisotopic (exact) mass is 432 g/mol. The van der Waals surface area contributed by atoms with Crippen molar-refractivity contribution in [2.24, 2.45) is 5.73 Å². The minimum atomic E-state index is -2.67. The molecule has 9 nitrogen and oxygen atoms in total. The number of ether oxygens (including phenoxy) is 1. The summed E-state index contributed by atoms with van der Waals surface area (Å²) in [5.74, 6) is 2.61. The van der Waals surface area contributed by atoms with E-state index >= 15 is 0 Å². The van der Waals surface area contributed by atoms with Crippen molar-refractivity contribution in [2.75, 3.05) is 29.9 Å². The normalized spacial score (nSPS) is 19.0. The molecule has 31 heavy (non-hydrogen) atoms. The summed E-state index contributed by atoms with van der Waals surface area (Å²) in [6.45, 7) is 2.60. The van der Waals surface area contributed by atoms with Crippen LogP contribution in [0.5, 0.6) is 5.75 Å². The maximum Gasteiger partial charge on any atom is 0.260 e. The summed E-state index contributed by atoms with van der Waals surface area (Å²) in [5, 5.41) is 5.82. The van der Waals surface area contributed by atoms with E-state index in [1.807, 2.05) is 4.57 Å².